The minimum absolute atomic E-state index is 1.11. The first-order valence-corrected chi connectivity index (χ1v) is 7.63. The van der Waals surface area contributed by atoms with Crippen molar-refractivity contribution in [2.24, 2.45) is 0 Å². The van der Waals surface area contributed by atoms with Gasteiger partial charge < -0.3 is 0 Å². The summed E-state index contributed by atoms with van der Waals surface area (Å²) in [5, 5.41) is 1.11. The lowest BCUT2D eigenvalue weighted by atomic mass is 10.1. The molecule has 0 aliphatic rings. The maximum absolute atomic E-state index is 4.72. The van der Waals surface area contributed by atoms with Crippen LogP contribution in [0, 0.1) is 0 Å². The van der Waals surface area contributed by atoms with Gasteiger partial charge in [0, 0.05) is 5.56 Å². The first-order chi connectivity index (χ1) is 9.36. The number of nitrogens with zero attached hydrogens (tertiary/aromatic N) is 1. The predicted molar refractivity (Wildman–Crippen MR) is 83.7 cm³/mol. The van der Waals surface area contributed by atoms with E-state index >= 15 is 0 Å². The lowest BCUT2D eigenvalue weighted by molar-refractivity contribution is 0.796. The Morgan fingerprint density at radius 2 is 1.89 bits per heavy atom. The zero-order valence-electron chi connectivity index (χ0n) is 11.1. The molecule has 0 amide bonds. The van der Waals surface area contributed by atoms with Crippen molar-refractivity contribution in [3.05, 3.63) is 54.1 Å². The monoisotopic (exact) mass is 267 g/mol. The van der Waals surface area contributed by atoms with Crippen LogP contribution < -0.4 is 0 Å². The van der Waals surface area contributed by atoms with Crippen molar-refractivity contribution >= 4 is 21.6 Å². The summed E-state index contributed by atoms with van der Waals surface area (Å²) in [5.41, 5.74) is 3.75. The fourth-order valence-electron chi connectivity index (χ4n) is 2.21. The van der Waals surface area contributed by atoms with Gasteiger partial charge in [0.25, 0.3) is 0 Å². The van der Waals surface area contributed by atoms with Crippen LogP contribution in [0.2, 0.25) is 0 Å². The smallest absolute Gasteiger partial charge is 0.124 e. The Kier molecular flexibility index (Phi) is 3.60. The van der Waals surface area contributed by atoms with E-state index in [2.05, 4.69) is 49.4 Å². The Morgan fingerprint density at radius 3 is 2.68 bits per heavy atom. The molecule has 0 spiro atoms. The average Bonchev–Trinajstić information content (AvgIpc) is 2.89. The highest BCUT2D eigenvalue weighted by molar-refractivity contribution is 7.21. The summed E-state index contributed by atoms with van der Waals surface area (Å²) in [5.74, 6) is 0. The summed E-state index contributed by atoms with van der Waals surface area (Å²) < 4.78 is 1.30. The molecule has 1 aromatic heterocycles. The van der Waals surface area contributed by atoms with Crippen LogP contribution >= 0.6 is 11.3 Å². The molecule has 0 aliphatic carbocycles. The van der Waals surface area contributed by atoms with Crippen LogP contribution in [0.3, 0.4) is 0 Å². The molecule has 0 saturated heterocycles. The summed E-state index contributed by atoms with van der Waals surface area (Å²) in [7, 11) is 0. The van der Waals surface area contributed by atoms with Crippen LogP contribution in [0.1, 0.15) is 25.3 Å². The number of hydrogen-bond donors (Lipinski definition) is 0. The standard InChI is InChI=1S/C17H17NS/c1-2-3-7-13-10-11-15-16(12-13)19-17(18-15)14-8-5-4-6-9-14/h4-6,8-12H,2-3,7H2,1H3. The molecule has 2 aromatic carbocycles. The molecule has 0 N–H and O–H groups in total. The second-order valence-corrected chi connectivity index (χ2v) is 5.82. The average molecular weight is 267 g/mol. The lowest BCUT2D eigenvalue weighted by Gasteiger charge is -1.98. The van der Waals surface area contributed by atoms with Crippen molar-refractivity contribution in [1.29, 1.82) is 0 Å². The Hall–Kier alpha value is -1.67. The summed E-state index contributed by atoms with van der Waals surface area (Å²) in [6, 6.07) is 17.1. The minimum atomic E-state index is 1.11. The fourth-order valence-corrected chi connectivity index (χ4v) is 3.24. The molecule has 0 aliphatic heterocycles. The highest BCUT2D eigenvalue weighted by atomic mass is 32.1. The number of thiazole rings is 1. The van der Waals surface area contributed by atoms with Crippen LogP contribution in [0.5, 0.6) is 0 Å². The third kappa shape index (κ3) is 2.69. The van der Waals surface area contributed by atoms with E-state index in [1.54, 1.807) is 11.3 Å². The topological polar surface area (TPSA) is 12.9 Å². The Balaban J connectivity index is 1.97. The quantitative estimate of drug-likeness (QED) is 0.624. The highest BCUT2D eigenvalue weighted by Crippen LogP contribution is 2.30. The van der Waals surface area contributed by atoms with Gasteiger partial charge in [-0.2, -0.15) is 0 Å². The van der Waals surface area contributed by atoms with Gasteiger partial charge in [-0.3, -0.25) is 0 Å². The molecule has 0 atom stereocenters. The zero-order valence-corrected chi connectivity index (χ0v) is 11.9. The van der Waals surface area contributed by atoms with E-state index in [0.717, 1.165) is 10.5 Å². The second-order valence-electron chi connectivity index (χ2n) is 4.79. The van der Waals surface area contributed by atoms with E-state index in [9.17, 15) is 0 Å². The van der Waals surface area contributed by atoms with Gasteiger partial charge in [-0.05, 0) is 30.5 Å². The molecule has 0 radical (unpaired) electrons. The predicted octanol–water partition coefficient (Wildman–Crippen LogP) is 5.31. The molecule has 0 bridgehead atoms. The Bertz CT molecular complexity index is 670. The van der Waals surface area contributed by atoms with Crippen LogP contribution in [0.15, 0.2) is 48.5 Å². The van der Waals surface area contributed by atoms with E-state index in [4.69, 9.17) is 4.98 Å². The third-order valence-electron chi connectivity index (χ3n) is 3.29. The van der Waals surface area contributed by atoms with Crippen molar-refractivity contribution in [2.75, 3.05) is 0 Å². The van der Waals surface area contributed by atoms with E-state index in [0.29, 0.717) is 0 Å². The molecule has 0 fully saturated rings. The molecular weight excluding hydrogens is 250 g/mol. The van der Waals surface area contributed by atoms with Crippen molar-refractivity contribution in [1.82, 2.24) is 4.98 Å². The maximum atomic E-state index is 4.72. The number of hydrogen-bond acceptors (Lipinski definition) is 2. The van der Waals surface area contributed by atoms with Gasteiger partial charge in [-0.25, -0.2) is 4.98 Å². The lowest BCUT2D eigenvalue weighted by Crippen LogP contribution is -1.83. The van der Waals surface area contributed by atoms with E-state index in [1.807, 2.05) is 6.07 Å². The maximum Gasteiger partial charge on any atom is 0.124 e. The number of aromatic nitrogens is 1. The molecule has 19 heavy (non-hydrogen) atoms. The first kappa shape index (κ1) is 12.4. The second kappa shape index (κ2) is 5.54. The van der Waals surface area contributed by atoms with Crippen molar-refractivity contribution in [2.45, 2.75) is 26.2 Å². The molecule has 96 valence electrons. The van der Waals surface area contributed by atoms with Gasteiger partial charge in [-0.15, -0.1) is 11.3 Å². The highest BCUT2D eigenvalue weighted by Gasteiger charge is 2.06. The largest absolute Gasteiger partial charge is 0.236 e. The molecular formula is C17H17NS. The summed E-state index contributed by atoms with van der Waals surface area (Å²) >= 11 is 1.79. The van der Waals surface area contributed by atoms with Gasteiger partial charge in [0.05, 0.1) is 10.2 Å². The number of aryl methyl sites for hydroxylation is 1. The van der Waals surface area contributed by atoms with Crippen LogP contribution in [-0.2, 0) is 6.42 Å². The minimum Gasteiger partial charge on any atom is -0.236 e. The summed E-state index contributed by atoms with van der Waals surface area (Å²) in [6.07, 6.45) is 3.68. The fraction of sp³-hybridized carbons (Fsp3) is 0.235. The third-order valence-corrected chi connectivity index (χ3v) is 4.36. The molecule has 1 heterocycles. The molecule has 3 rings (SSSR count). The molecule has 3 aromatic rings. The van der Waals surface area contributed by atoms with Crippen molar-refractivity contribution < 1.29 is 0 Å². The van der Waals surface area contributed by atoms with Crippen LogP contribution in [0.4, 0.5) is 0 Å². The SMILES string of the molecule is CCCCc1ccc2nc(-c3ccccc3)sc2c1. The van der Waals surface area contributed by atoms with Crippen LogP contribution in [-0.4, -0.2) is 4.98 Å². The van der Waals surface area contributed by atoms with Crippen molar-refractivity contribution in [3.63, 3.8) is 0 Å². The van der Waals surface area contributed by atoms with Gasteiger partial charge in [0.1, 0.15) is 5.01 Å². The van der Waals surface area contributed by atoms with Crippen molar-refractivity contribution in [3.8, 4) is 10.6 Å². The number of benzene rings is 2. The van der Waals surface area contributed by atoms with Gasteiger partial charge in [0.2, 0.25) is 0 Å². The van der Waals surface area contributed by atoms with Gasteiger partial charge >= 0.3 is 0 Å². The molecule has 0 saturated carbocycles. The summed E-state index contributed by atoms with van der Waals surface area (Å²) in [4.78, 5) is 4.72. The zero-order chi connectivity index (χ0) is 13.1. The van der Waals surface area contributed by atoms with E-state index in [-0.39, 0.29) is 0 Å². The van der Waals surface area contributed by atoms with E-state index in [1.165, 1.54) is 35.1 Å². The van der Waals surface area contributed by atoms with E-state index < -0.39 is 0 Å². The van der Waals surface area contributed by atoms with Crippen LogP contribution in [0.25, 0.3) is 20.8 Å². The van der Waals surface area contributed by atoms with Gasteiger partial charge in [0.15, 0.2) is 0 Å². The molecule has 0 unspecified atom stereocenters. The Morgan fingerprint density at radius 1 is 1.05 bits per heavy atom. The van der Waals surface area contributed by atoms with Gasteiger partial charge in [-0.1, -0.05) is 49.7 Å². The number of rotatable bonds is 4. The first-order valence-electron chi connectivity index (χ1n) is 6.81. The number of unbranched alkanes of at least 4 members (excludes halogenated alkanes) is 1. The number of fused-ring (bicyclic) bond motifs is 1. The normalized spacial score (nSPS) is 11.0. The molecule has 1 nitrogen and oxygen atoms in total. The summed E-state index contributed by atoms with van der Waals surface area (Å²) in [6.45, 7) is 2.23. The molecule has 2 heteroatoms. The Labute approximate surface area is 117 Å².